The van der Waals surface area contributed by atoms with Gasteiger partial charge in [-0.15, -0.1) is 0 Å². The number of hydrogen-bond donors (Lipinski definition) is 1. The molecule has 6 heteroatoms. The van der Waals surface area contributed by atoms with Crippen molar-refractivity contribution in [2.24, 2.45) is 11.7 Å². The van der Waals surface area contributed by atoms with Gasteiger partial charge in [0.15, 0.2) is 0 Å². The summed E-state index contributed by atoms with van der Waals surface area (Å²) in [6.07, 6.45) is 6.81. The molecule has 1 aliphatic rings. The Morgan fingerprint density at radius 3 is 3.17 bits per heavy atom. The van der Waals surface area contributed by atoms with Gasteiger partial charge in [-0.2, -0.15) is 5.10 Å². The quantitative estimate of drug-likeness (QED) is 0.845. The van der Waals surface area contributed by atoms with Gasteiger partial charge in [0, 0.05) is 12.7 Å². The summed E-state index contributed by atoms with van der Waals surface area (Å²) in [6, 6.07) is 0. The molecule has 2 rings (SSSR count). The van der Waals surface area contributed by atoms with Gasteiger partial charge in [-0.25, -0.2) is 0 Å². The lowest BCUT2D eigenvalue weighted by atomic mass is 9.85. The number of halogens is 1. The second kappa shape index (κ2) is 5.28. The third-order valence-electron chi connectivity index (χ3n) is 3.75. The van der Waals surface area contributed by atoms with Crippen molar-refractivity contribution in [3.8, 4) is 0 Å². The molecule has 1 aromatic rings. The predicted octanol–water partition coefficient (Wildman–Crippen LogP) is 1.60. The molecule has 1 heterocycles. The van der Waals surface area contributed by atoms with Crippen LogP contribution in [-0.2, 0) is 16.1 Å². The summed E-state index contributed by atoms with van der Waals surface area (Å²) < 4.78 is 6.59. The van der Waals surface area contributed by atoms with E-state index >= 15 is 0 Å². The van der Waals surface area contributed by atoms with Crippen molar-refractivity contribution >= 4 is 17.6 Å². The first kappa shape index (κ1) is 13.4. The van der Waals surface area contributed by atoms with Crippen molar-refractivity contribution in [3.63, 3.8) is 0 Å². The number of ether oxygens (including phenoxy) is 1. The summed E-state index contributed by atoms with van der Waals surface area (Å²) in [6.45, 7) is 0.716. The highest BCUT2D eigenvalue weighted by Crippen LogP contribution is 2.37. The Kier molecular flexibility index (Phi) is 3.92. The molecule has 100 valence electrons. The highest BCUT2D eigenvalue weighted by molar-refractivity contribution is 6.30. The van der Waals surface area contributed by atoms with Crippen molar-refractivity contribution in [3.05, 3.63) is 17.4 Å². The van der Waals surface area contributed by atoms with E-state index in [2.05, 4.69) is 5.10 Å². The molecule has 0 aliphatic heterocycles. The van der Waals surface area contributed by atoms with Crippen LogP contribution in [-0.4, -0.2) is 28.4 Å². The Labute approximate surface area is 111 Å². The number of methoxy groups -OCH3 is 1. The van der Waals surface area contributed by atoms with Gasteiger partial charge in [-0.3, -0.25) is 9.48 Å². The van der Waals surface area contributed by atoms with E-state index in [-0.39, 0.29) is 11.9 Å². The molecule has 0 bridgehead atoms. The van der Waals surface area contributed by atoms with Crippen LogP contribution in [0.5, 0.6) is 0 Å². The molecule has 0 aromatic carbocycles. The van der Waals surface area contributed by atoms with Crippen molar-refractivity contribution in [1.82, 2.24) is 9.78 Å². The van der Waals surface area contributed by atoms with Gasteiger partial charge in [0.05, 0.1) is 18.3 Å². The molecule has 1 fully saturated rings. The molecule has 0 spiro atoms. The van der Waals surface area contributed by atoms with Crippen molar-refractivity contribution < 1.29 is 9.53 Å². The number of aromatic nitrogens is 2. The second-order valence-electron chi connectivity index (χ2n) is 4.83. The summed E-state index contributed by atoms with van der Waals surface area (Å²) in [5, 5.41) is 4.74. The van der Waals surface area contributed by atoms with E-state index in [1.807, 2.05) is 0 Å². The minimum atomic E-state index is -0.828. The van der Waals surface area contributed by atoms with Gasteiger partial charge in [0.25, 0.3) is 0 Å². The van der Waals surface area contributed by atoms with Crippen LogP contribution in [0.1, 0.15) is 25.7 Å². The number of carbonyl (C=O) groups excluding carboxylic acids is 1. The maximum Gasteiger partial charge on any atom is 0.326 e. The average molecular weight is 272 g/mol. The lowest BCUT2D eigenvalue weighted by molar-refractivity contribution is -0.148. The number of aryl methyl sites for hydroxylation is 1. The first-order valence-electron chi connectivity index (χ1n) is 6.11. The molecule has 0 amide bonds. The van der Waals surface area contributed by atoms with E-state index in [0.717, 1.165) is 19.3 Å². The summed E-state index contributed by atoms with van der Waals surface area (Å²) in [7, 11) is 1.39. The van der Waals surface area contributed by atoms with Gasteiger partial charge in [0.1, 0.15) is 5.54 Å². The Morgan fingerprint density at radius 2 is 2.56 bits per heavy atom. The molecule has 2 N–H and O–H groups in total. The molecule has 0 radical (unpaired) electrons. The first-order chi connectivity index (χ1) is 8.56. The average Bonchev–Trinajstić information content (AvgIpc) is 2.93. The fraction of sp³-hybridized carbons (Fsp3) is 0.667. The van der Waals surface area contributed by atoms with Crippen LogP contribution in [0.4, 0.5) is 0 Å². The van der Waals surface area contributed by atoms with Crippen LogP contribution >= 0.6 is 11.6 Å². The molecule has 5 nitrogen and oxygen atoms in total. The van der Waals surface area contributed by atoms with E-state index in [0.29, 0.717) is 18.0 Å². The van der Waals surface area contributed by atoms with Gasteiger partial charge in [-0.1, -0.05) is 18.0 Å². The van der Waals surface area contributed by atoms with Crippen molar-refractivity contribution in [2.75, 3.05) is 7.11 Å². The number of nitrogens with two attached hydrogens (primary N) is 1. The third kappa shape index (κ3) is 2.52. The van der Waals surface area contributed by atoms with E-state index in [9.17, 15) is 4.79 Å². The maximum absolute atomic E-state index is 11.8. The van der Waals surface area contributed by atoms with Gasteiger partial charge in [-0.05, 0) is 25.2 Å². The zero-order valence-corrected chi connectivity index (χ0v) is 11.2. The van der Waals surface area contributed by atoms with Crippen LogP contribution in [0, 0.1) is 5.92 Å². The first-order valence-corrected chi connectivity index (χ1v) is 6.49. The molecule has 1 aliphatic carbocycles. The van der Waals surface area contributed by atoms with Gasteiger partial charge in [0.2, 0.25) is 0 Å². The number of carbonyl (C=O) groups is 1. The highest BCUT2D eigenvalue weighted by Gasteiger charge is 2.46. The maximum atomic E-state index is 11.8. The molecule has 0 saturated heterocycles. The van der Waals surface area contributed by atoms with Crippen molar-refractivity contribution in [2.45, 2.75) is 37.8 Å². The van der Waals surface area contributed by atoms with E-state index in [1.165, 1.54) is 7.11 Å². The fourth-order valence-corrected chi connectivity index (χ4v) is 2.87. The smallest absolute Gasteiger partial charge is 0.326 e. The molecule has 18 heavy (non-hydrogen) atoms. The normalized spacial score (nSPS) is 27.4. The molecular weight excluding hydrogens is 254 g/mol. The zero-order valence-electron chi connectivity index (χ0n) is 10.4. The van der Waals surface area contributed by atoms with Crippen molar-refractivity contribution in [1.29, 1.82) is 0 Å². The minimum Gasteiger partial charge on any atom is -0.468 e. The Balaban J connectivity index is 1.98. The fourth-order valence-electron chi connectivity index (χ4n) is 2.71. The van der Waals surface area contributed by atoms with E-state index in [4.69, 9.17) is 22.1 Å². The number of hydrogen-bond acceptors (Lipinski definition) is 4. The standard InChI is InChI=1S/C12H18ClN3O2/c1-18-11(17)12(14)5-2-3-9(12)4-6-16-8-10(13)7-15-16/h7-9H,2-6,14H2,1H3. The molecule has 2 unspecified atom stereocenters. The third-order valence-corrected chi connectivity index (χ3v) is 3.94. The molecule has 1 aromatic heterocycles. The SMILES string of the molecule is COC(=O)C1(N)CCCC1CCn1cc(Cl)cn1. The number of rotatable bonds is 4. The van der Waals surface area contributed by atoms with Gasteiger partial charge < -0.3 is 10.5 Å². The Morgan fingerprint density at radius 1 is 1.78 bits per heavy atom. The Hall–Kier alpha value is -1.07. The topological polar surface area (TPSA) is 70.1 Å². The summed E-state index contributed by atoms with van der Waals surface area (Å²) in [4.78, 5) is 11.8. The highest BCUT2D eigenvalue weighted by atomic mass is 35.5. The number of esters is 1. The number of nitrogens with zero attached hydrogens (tertiary/aromatic N) is 2. The lowest BCUT2D eigenvalue weighted by Crippen LogP contribution is -2.51. The molecular formula is C12H18ClN3O2. The molecule has 1 saturated carbocycles. The predicted molar refractivity (Wildman–Crippen MR) is 68.1 cm³/mol. The minimum absolute atomic E-state index is 0.146. The monoisotopic (exact) mass is 271 g/mol. The largest absolute Gasteiger partial charge is 0.468 e. The molecule has 2 atom stereocenters. The van der Waals surface area contributed by atoms with Crippen LogP contribution in [0.15, 0.2) is 12.4 Å². The summed E-state index contributed by atoms with van der Waals surface area (Å²) >= 11 is 5.80. The zero-order chi connectivity index (χ0) is 13.2. The van der Waals surface area contributed by atoms with Crippen LogP contribution in [0.3, 0.4) is 0 Å². The second-order valence-corrected chi connectivity index (χ2v) is 5.27. The Bertz CT molecular complexity index is 435. The van der Waals surface area contributed by atoms with E-state index < -0.39 is 5.54 Å². The van der Waals surface area contributed by atoms with Crippen LogP contribution < -0.4 is 5.73 Å². The summed E-state index contributed by atoms with van der Waals surface area (Å²) in [5.41, 5.74) is 5.37. The van der Waals surface area contributed by atoms with Crippen LogP contribution in [0.2, 0.25) is 5.02 Å². The van der Waals surface area contributed by atoms with Crippen LogP contribution in [0.25, 0.3) is 0 Å². The summed E-state index contributed by atoms with van der Waals surface area (Å²) in [5.74, 6) is -0.156. The lowest BCUT2D eigenvalue weighted by Gasteiger charge is -2.28. The van der Waals surface area contributed by atoms with Gasteiger partial charge >= 0.3 is 5.97 Å². The van der Waals surface area contributed by atoms with E-state index in [1.54, 1.807) is 17.1 Å².